The van der Waals surface area contributed by atoms with Gasteiger partial charge in [-0.15, -0.1) is 0 Å². The molecular weight excluding hydrogens is 318 g/mol. The molecule has 0 aliphatic heterocycles. The second-order valence-electron chi connectivity index (χ2n) is 5.39. The van der Waals surface area contributed by atoms with Crippen LogP contribution in [-0.4, -0.2) is 10.1 Å². The molecule has 0 spiro atoms. The Morgan fingerprint density at radius 2 is 2.05 bits per heavy atom. The van der Waals surface area contributed by atoms with E-state index in [4.69, 9.17) is 10.3 Å². The minimum Gasteiger partial charge on any atom is -0.337 e. The van der Waals surface area contributed by atoms with Gasteiger partial charge in [0, 0.05) is 10.0 Å². The SMILES string of the molecule is NC(c1nc(-c2cccc(Br)c2)no1)C1CCCCC1. The molecule has 1 aliphatic rings. The maximum absolute atomic E-state index is 6.29. The lowest BCUT2D eigenvalue weighted by Crippen LogP contribution is -2.23. The highest BCUT2D eigenvalue weighted by Crippen LogP contribution is 2.33. The van der Waals surface area contributed by atoms with Crippen molar-refractivity contribution in [2.24, 2.45) is 11.7 Å². The minimum absolute atomic E-state index is 0.135. The van der Waals surface area contributed by atoms with Crippen LogP contribution in [-0.2, 0) is 0 Å². The van der Waals surface area contributed by atoms with Crippen molar-refractivity contribution in [2.75, 3.05) is 0 Å². The second-order valence-corrected chi connectivity index (χ2v) is 6.31. The Hall–Kier alpha value is -1.20. The van der Waals surface area contributed by atoms with Gasteiger partial charge in [0.25, 0.3) is 0 Å². The van der Waals surface area contributed by atoms with Crippen LogP contribution in [0.5, 0.6) is 0 Å². The lowest BCUT2D eigenvalue weighted by atomic mass is 9.84. The standard InChI is InChI=1S/C15H18BrN3O/c16-12-8-4-7-11(9-12)14-18-15(20-19-14)13(17)10-5-2-1-3-6-10/h4,7-10,13H,1-3,5-6,17H2. The number of aromatic nitrogens is 2. The van der Waals surface area contributed by atoms with Gasteiger partial charge in [-0.1, -0.05) is 52.5 Å². The fourth-order valence-corrected chi connectivity index (χ4v) is 3.21. The summed E-state index contributed by atoms with van der Waals surface area (Å²) < 4.78 is 6.37. The lowest BCUT2D eigenvalue weighted by molar-refractivity contribution is 0.255. The van der Waals surface area contributed by atoms with Crippen LogP contribution in [0.3, 0.4) is 0 Å². The first kappa shape index (κ1) is 13.8. The molecule has 3 rings (SSSR count). The summed E-state index contributed by atoms with van der Waals surface area (Å²) in [7, 11) is 0. The fourth-order valence-electron chi connectivity index (χ4n) is 2.81. The van der Waals surface area contributed by atoms with Crippen LogP contribution in [0.2, 0.25) is 0 Å². The van der Waals surface area contributed by atoms with Crippen molar-refractivity contribution in [3.8, 4) is 11.4 Å². The summed E-state index contributed by atoms with van der Waals surface area (Å²) in [5.41, 5.74) is 7.22. The first-order valence-corrected chi connectivity index (χ1v) is 7.88. The summed E-state index contributed by atoms with van der Waals surface area (Å²) in [6, 6.07) is 7.73. The van der Waals surface area contributed by atoms with E-state index in [0.29, 0.717) is 17.6 Å². The van der Waals surface area contributed by atoms with Crippen molar-refractivity contribution in [3.05, 3.63) is 34.6 Å². The molecule has 20 heavy (non-hydrogen) atoms. The number of rotatable bonds is 3. The summed E-state index contributed by atoms with van der Waals surface area (Å²) in [6.45, 7) is 0. The van der Waals surface area contributed by atoms with Gasteiger partial charge in [-0.05, 0) is 30.9 Å². The quantitative estimate of drug-likeness (QED) is 0.917. The van der Waals surface area contributed by atoms with E-state index in [-0.39, 0.29) is 6.04 Å². The number of nitrogens with two attached hydrogens (primary N) is 1. The van der Waals surface area contributed by atoms with E-state index in [1.54, 1.807) is 0 Å². The van der Waals surface area contributed by atoms with Crippen LogP contribution in [0, 0.1) is 5.92 Å². The first-order chi connectivity index (χ1) is 9.74. The highest BCUT2D eigenvalue weighted by Gasteiger charge is 2.26. The van der Waals surface area contributed by atoms with Crippen molar-refractivity contribution < 1.29 is 4.52 Å². The molecule has 2 aromatic rings. The molecule has 4 nitrogen and oxygen atoms in total. The normalized spacial score (nSPS) is 18.1. The summed E-state index contributed by atoms with van der Waals surface area (Å²) in [4.78, 5) is 4.47. The molecule has 1 saturated carbocycles. The van der Waals surface area contributed by atoms with Gasteiger partial charge in [0.15, 0.2) is 0 Å². The van der Waals surface area contributed by atoms with Gasteiger partial charge in [-0.2, -0.15) is 4.98 Å². The van der Waals surface area contributed by atoms with Crippen LogP contribution in [0.15, 0.2) is 33.3 Å². The van der Waals surface area contributed by atoms with Crippen molar-refractivity contribution in [1.82, 2.24) is 10.1 Å². The molecule has 0 radical (unpaired) electrons. The lowest BCUT2D eigenvalue weighted by Gasteiger charge is -2.24. The first-order valence-electron chi connectivity index (χ1n) is 7.09. The highest BCUT2D eigenvalue weighted by molar-refractivity contribution is 9.10. The van der Waals surface area contributed by atoms with Crippen LogP contribution in [0.4, 0.5) is 0 Å². The predicted molar refractivity (Wildman–Crippen MR) is 80.9 cm³/mol. The number of benzene rings is 1. The molecule has 0 amide bonds. The van der Waals surface area contributed by atoms with E-state index in [0.717, 1.165) is 22.9 Å². The van der Waals surface area contributed by atoms with E-state index in [9.17, 15) is 0 Å². The zero-order valence-electron chi connectivity index (χ0n) is 11.3. The Bertz CT molecular complexity index is 578. The van der Waals surface area contributed by atoms with E-state index in [2.05, 4.69) is 26.1 Å². The number of hydrogen-bond acceptors (Lipinski definition) is 4. The number of hydrogen-bond donors (Lipinski definition) is 1. The Morgan fingerprint density at radius 1 is 1.25 bits per heavy atom. The maximum Gasteiger partial charge on any atom is 0.244 e. The molecule has 1 aromatic carbocycles. The van der Waals surface area contributed by atoms with Crippen molar-refractivity contribution in [3.63, 3.8) is 0 Å². The van der Waals surface area contributed by atoms with E-state index in [1.165, 1.54) is 19.3 Å². The van der Waals surface area contributed by atoms with Crippen LogP contribution >= 0.6 is 15.9 Å². The van der Waals surface area contributed by atoms with Gasteiger partial charge in [0.2, 0.25) is 11.7 Å². The molecule has 1 heterocycles. The Morgan fingerprint density at radius 3 is 2.80 bits per heavy atom. The Labute approximate surface area is 126 Å². The van der Waals surface area contributed by atoms with Crippen LogP contribution < -0.4 is 5.73 Å². The maximum atomic E-state index is 6.29. The summed E-state index contributed by atoms with van der Waals surface area (Å²) in [5, 5.41) is 4.06. The molecule has 5 heteroatoms. The van der Waals surface area contributed by atoms with Crippen LogP contribution in [0.1, 0.15) is 44.0 Å². The van der Waals surface area contributed by atoms with Gasteiger partial charge >= 0.3 is 0 Å². The third kappa shape index (κ3) is 2.94. The van der Waals surface area contributed by atoms with Crippen molar-refractivity contribution in [1.29, 1.82) is 0 Å². The van der Waals surface area contributed by atoms with Gasteiger partial charge in [-0.25, -0.2) is 0 Å². The minimum atomic E-state index is -0.135. The molecule has 1 aromatic heterocycles. The number of nitrogens with zero attached hydrogens (tertiary/aromatic N) is 2. The molecular formula is C15H18BrN3O. The zero-order chi connectivity index (χ0) is 13.9. The van der Waals surface area contributed by atoms with Gasteiger partial charge in [-0.3, -0.25) is 0 Å². The summed E-state index contributed by atoms with van der Waals surface area (Å²) in [6.07, 6.45) is 6.15. The molecule has 0 saturated heterocycles. The van der Waals surface area contributed by atoms with Gasteiger partial charge < -0.3 is 10.3 Å². The molecule has 106 valence electrons. The van der Waals surface area contributed by atoms with Gasteiger partial charge in [0.1, 0.15) is 0 Å². The average Bonchev–Trinajstić information content (AvgIpc) is 2.97. The average molecular weight is 336 g/mol. The summed E-state index contributed by atoms with van der Waals surface area (Å²) >= 11 is 3.45. The third-order valence-electron chi connectivity index (χ3n) is 3.97. The largest absolute Gasteiger partial charge is 0.337 e. The van der Waals surface area contributed by atoms with Crippen LogP contribution in [0.25, 0.3) is 11.4 Å². The molecule has 1 atom stereocenters. The topological polar surface area (TPSA) is 64.9 Å². The monoisotopic (exact) mass is 335 g/mol. The van der Waals surface area contributed by atoms with Crippen molar-refractivity contribution >= 4 is 15.9 Å². The molecule has 1 fully saturated rings. The smallest absolute Gasteiger partial charge is 0.244 e. The van der Waals surface area contributed by atoms with Gasteiger partial charge in [0.05, 0.1) is 6.04 Å². The molecule has 2 N–H and O–H groups in total. The van der Waals surface area contributed by atoms with E-state index < -0.39 is 0 Å². The molecule has 1 aliphatic carbocycles. The van der Waals surface area contributed by atoms with Crippen molar-refractivity contribution in [2.45, 2.75) is 38.1 Å². The molecule has 1 unspecified atom stereocenters. The second kappa shape index (κ2) is 6.06. The Kier molecular flexibility index (Phi) is 4.17. The highest BCUT2D eigenvalue weighted by atomic mass is 79.9. The number of halogens is 1. The molecule has 0 bridgehead atoms. The predicted octanol–water partition coefficient (Wildman–Crippen LogP) is 4.08. The third-order valence-corrected chi connectivity index (χ3v) is 4.46. The summed E-state index contributed by atoms with van der Waals surface area (Å²) in [5.74, 6) is 1.64. The van der Waals surface area contributed by atoms with E-state index >= 15 is 0 Å². The van der Waals surface area contributed by atoms with E-state index in [1.807, 2.05) is 24.3 Å². The fraction of sp³-hybridized carbons (Fsp3) is 0.467. The Balaban J connectivity index is 1.79. The zero-order valence-corrected chi connectivity index (χ0v) is 12.8.